The number of allylic oxidation sites excluding steroid dienone is 4. The molecule has 1 saturated carbocycles. The van der Waals surface area contributed by atoms with E-state index in [0.29, 0.717) is 5.54 Å². The number of halogens is 2. The minimum absolute atomic E-state index is 0. The van der Waals surface area contributed by atoms with E-state index in [1.165, 1.54) is 19.3 Å². The van der Waals surface area contributed by atoms with Crippen molar-refractivity contribution in [3.8, 4) is 0 Å². The van der Waals surface area contributed by atoms with Crippen LogP contribution in [0.3, 0.4) is 0 Å². The average Bonchev–Trinajstić information content (AvgIpc) is 2.67. The Balaban J connectivity index is 0.00000180. The molecule has 5 heteroatoms. The van der Waals surface area contributed by atoms with Crippen molar-refractivity contribution in [3.63, 3.8) is 0 Å². The summed E-state index contributed by atoms with van der Waals surface area (Å²) >= 11 is -1.05. The van der Waals surface area contributed by atoms with Crippen molar-refractivity contribution in [1.82, 2.24) is 3.80 Å². The number of rotatable bonds is 3. The van der Waals surface area contributed by atoms with Gasteiger partial charge in [0.2, 0.25) is 0 Å². The number of nitrogens with one attached hydrogen (secondary N) is 1. The summed E-state index contributed by atoms with van der Waals surface area (Å²) in [4.78, 5) is 0. The van der Waals surface area contributed by atoms with Gasteiger partial charge in [0.1, 0.15) is 0 Å². The first-order valence-electron chi connectivity index (χ1n) is 7.37. The van der Waals surface area contributed by atoms with E-state index in [9.17, 15) is 0 Å². The molecule has 1 nitrogen and oxygen atoms in total. The summed E-state index contributed by atoms with van der Waals surface area (Å²) in [6.45, 7) is 11.7. The van der Waals surface area contributed by atoms with E-state index in [4.69, 9.17) is 0 Å². The van der Waals surface area contributed by atoms with Crippen LogP contribution in [-0.2, 0) is 17.4 Å². The van der Waals surface area contributed by atoms with Crippen molar-refractivity contribution in [2.24, 2.45) is 5.92 Å². The molecule has 2 aliphatic rings. The van der Waals surface area contributed by atoms with Gasteiger partial charge in [-0.2, -0.15) is 0 Å². The summed E-state index contributed by atoms with van der Waals surface area (Å²) < 4.78 is 5.14. The van der Waals surface area contributed by atoms with Crippen molar-refractivity contribution in [1.29, 1.82) is 0 Å². The van der Waals surface area contributed by atoms with Crippen LogP contribution in [0.2, 0.25) is 17.3 Å². The second kappa shape index (κ2) is 8.55. The van der Waals surface area contributed by atoms with Crippen LogP contribution in [0.1, 0.15) is 40.0 Å². The summed E-state index contributed by atoms with van der Waals surface area (Å²) in [5, 5.41) is 0. The summed E-state index contributed by atoms with van der Waals surface area (Å²) in [6.07, 6.45) is 11.3. The molecule has 0 bridgehead atoms. The maximum atomic E-state index is 4.09. The summed E-state index contributed by atoms with van der Waals surface area (Å²) in [7, 11) is 0. The van der Waals surface area contributed by atoms with Crippen LogP contribution in [0.15, 0.2) is 23.8 Å². The van der Waals surface area contributed by atoms with Gasteiger partial charge in [0, 0.05) is 0 Å². The fourth-order valence-electron chi connectivity index (χ4n) is 3.30. The van der Waals surface area contributed by atoms with Gasteiger partial charge in [-0.25, -0.2) is 0 Å². The van der Waals surface area contributed by atoms with Crippen LogP contribution in [0.5, 0.6) is 0 Å². The third-order valence-electron chi connectivity index (χ3n) is 4.02. The van der Waals surface area contributed by atoms with Crippen LogP contribution in [0.4, 0.5) is 0 Å². The van der Waals surface area contributed by atoms with Crippen molar-refractivity contribution in [3.05, 3.63) is 23.8 Å². The van der Waals surface area contributed by atoms with Crippen molar-refractivity contribution in [2.45, 2.75) is 62.9 Å². The molecule has 0 saturated heterocycles. The van der Waals surface area contributed by atoms with E-state index >= 15 is 0 Å². The van der Waals surface area contributed by atoms with Gasteiger partial charge in [-0.1, -0.05) is 0 Å². The first kappa shape index (κ1) is 21.0. The van der Waals surface area contributed by atoms with Crippen LogP contribution in [0, 0.1) is 5.92 Å². The second-order valence-corrected chi connectivity index (χ2v) is 20.6. The van der Waals surface area contributed by atoms with Crippen molar-refractivity contribution < 1.29 is 42.2 Å². The predicted octanol–water partition coefficient (Wildman–Crippen LogP) is -2.02. The van der Waals surface area contributed by atoms with Gasteiger partial charge in [-0.15, -0.1) is 0 Å². The van der Waals surface area contributed by atoms with Crippen LogP contribution in [-0.4, -0.2) is 12.2 Å². The Bertz CT molecular complexity index is 363. The SMILES string of the molecule is C[SiH](C)[Ti+2]([NH]C(C)(C)C)[CH]1CC2=CC=CCC2C1.[Cl-].[Cl-]. The Hall–Kier alpha value is 0.951. The molecule has 0 amide bonds. The molecule has 0 aromatic carbocycles. The maximum Gasteiger partial charge on any atom is -1.00 e. The zero-order valence-corrected chi connectivity index (χ0v) is 17.6. The molecule has 1 fully saturated rings. The first-order chi connectivity index (χ1) is 8.37. The third-order valence-corrected chi connectivity index (χ3v) is 17.3. The molecular formula is C15H28Cl2NSiTi. The van der Waals surface area contributed by atoms with Gasteiger partial charge >= 0.3 is 120 Å². The Kier molecular flexibility index (Phi) is 8.96. The average molecular weight is 369 g/mol. The Labute approximate surface area is 144 Å². The molecule has 0 heterocycles. The molecule has 20 heavy (non-hydrogen) atoms. The molecule has 0 radical (unpaired) electrons. The molecule has 1 N–H and O–H groups in total. The Morgan fingerprint density at radius 1 is 1.25 bits per heavy atom. The molecular weight excluding hydrogens is 341 g/mol. The Morgan fingerprint density at radius 3 is 2.40 bits per heavy atom. The maximum absolute atomic E-state index is 4.09. The van der Waals surface area contributed by atoms with Crippen LogP contribution in [0.25, 0.3) is 0 Å². The van der Waals surface area contributed by atoms with Gasteiger partial charge in [0.05, 0.1) is 0 Å². The van der Waals surface area contributed by atoms with Crippen molar-refractivity contribution >= 4 is 6.66 Å². The molecule has 0 aliphatic heterocycles. The van der Waals surface area contributed by atoms with E-state index in [1.54, 1.807) is 5.57 Å². The monoisotopic (exact) mass is 368 g/mol. The van der Waals surface area contributed by atoms with Gasteiger partial charge < -0.3 is 24.8 Å². The van der Waals surface area contributed by atoms with Gasteiger partial charge in [0.15, 0.2) is 0 Å². The number of fused-ring (bicyclic) bond motifs is 1. The van der Waals surface area contributed by atoms with Gasteiger partial charge in [-0.05, 0) is 0 Å². The summed E-state index contributed by atoms with van der Waals surface area (Å²) in [6, 6.07) is 0. The van der Waals surface area contributed by atoms with E-state index in [1.807, 2.05) is 0 Å². The normalized spacial score (nSPS) is 24.6. The molecule has 0 aromatic heterocycles. The van der Waals surface area contributed by atoms with Crippen LogP contribution < -0.4 is 28.6 Å². The molecule has 115 valence electrons. The topological polar surface area (TPSA) is 12.0 Å². The largest absolute Gasteiger partial charge is 1.00 e. The van der Waals surface area contributed by atoms with E-state index < -0.39 is 24.0 Å². The zero-order chi connectivity index (χ0) is 13.3. The fraction of sp³-hybridized carbons (Fsp3) is 0.733. The number of hydrogen-bond donors (Lipinski definition) is 1. The molecule has 0 aromatic rings. The third kappa shape index (κ3) is 5.62. The standard InChI is InChI=1S/C9H11.C4H10N.C2H7Si.2ClH.Ti/c1-2-5-9-7-3-6-8(9)4-1;1-4(2,3)5;1-3-2;;;/h1-4,9H,5-7H2;5H,1-3H3;3H,1-2H3;2*1H;/q;-1;;;;+3/p-2. The molecule has 2 atom stereocenters. The van der Waals surface area contributed by atoms with E-state index in [-0.39, 0.29) is 24.8 Å². The molecule has 2 aliphatic carbocycles. The van der Waals surface area contributed by atoms with E-state index in [0.717, 1.165) is 10.1 Å². The van der Waals surface area contributed by atoms with Crippen LogP contribution >= 0.6 is 0 Å². The minimum atomic E-state index is -1.05. The first-order valence-corrected chi connectivity index (χ1v) is 14.6. The molecule has 2 rings (SSSR count). The zero-order valence-electron chi connectivity index (χ0n) is 13.3. The predicted molar refractivity (Wildman–Crippen MR) is 80.1 cm³/mol. The fourth-order valence-corrected chi connectivity index (χ4v) is 16.4. The Morgan fingerprint density at radius 2 is 1.90 bits per heavy atom. The summed E-state index contributed by atoms with van der Waals surface area (Å²) in [5.74, 6) is 0.900. The van der Waals surface area contributed by atoms with Gasteiger partial charge in [-0.3, -0.25) is 0 Å². The second-order valence-electron chi connectivity index (χ2n) is 7.22. The smallest absolute Gasteiger partial charge is 1.00 e. The summed E-state index contributed by atoms with van der Waals surface area (Å²) in [5.41, 5.74) is 2.09. The molecule has 0 spiro atoms. The minimum Gasteiger partial charge on any atom is -1.00 e. The number of hydrogen-bond acceptors (Lipinski definition) is 1. The molecule has 2 unspecified atom stereocenters. The van der Waals surface area contributed by atoms with Crippen molar-refractivity contribution in [2.75, 3.05) is 0 Å². The van der Waals surface area contributed by atoms with Gasteiger partial charge in [0.25, 0.3) is 0 Å². The van der Waals surface area contributed by atoms with E-state index in [2.05, 4.69) is 55.9 Å². The quantitative estimate of drug-likeness (QED) is 0.567.